The van der Waals surface area contributed by atoms with Crippen molar-refractivity contribution in [3.8, 4) is 5.75 Å². The summed E-state index contributed by atoms with van der Waals surface area (Å²) in [5.41, 5.74) is 8.01. The zero-order valence-electron chi connectivity index (χ0n) is 20.9. The van der Waals surface area contributed by atoms with E-state index in [1.165, 1.54) is 24.3 Å². The van der Waals surface area contributed by atoms with Crippen LogP contribution >= 0.6 is 0 Å². The van der Waals surface area contributed by atoms with Gasteiger partial charge in [-0.2, -0.15) is 8.42 Å². The molecule has 3 N–H and O–H groups in total. The van der Waals surface area contributed by atoms with Crippen LogP contribution in [0, 0.1) is 0 Å². The maximum absolute atomic E-state index is 13.3. The van der Waals surface area contributed by atoms with Crippen molar-refractivity contribution < 1.29 is 25.6 Å². The topological polar surface area (TPSA) is 124 Å². The number of hydrogen-bond donors (Lipinski definition) is 2. The maximum atomic E-state index is 13.3. The number of benzene rings is 3. The maximum Gasteiger partial charge on any atom is 0.309 e. The molecule has 0 bridgehead atoms. The molecule has 11 heteroatoms. The van der Waals surface area contributed by atoms with Crippen LogP contribution in [0.4, 0.5) is 0 Å². The number of aryl methyl sites for hydroxylation is 2. The van der Waals surface area contributed by atoms with Gasteiger partial charge in [0.15, 0.2) is 0 Å². The molecule has 0 aliphatic heterocycles. The molecule has 4 rings (SSSR count). The van der Waals surface area contributed by atoms with Crippen LogP contribution in [0.5, 0.6) is 5.75 Å². The third kappa shape index (κ3) is 7.29. The fraction of sp³-hybridized carbons (Fsp3) is 0.222. The molecule has 2 atom stereocenters. The smallest absolute Gasteiger partial charge is 0.309 e. The van der Waals surface area contributed by atoms with Gasteiger partial charge < -0.3 is 9.92 Å². The van der Waals surface area contributed by atoms with E-state index in [9.17, 15) is 16.8 Å². The lowest BCUT2D eigenvalue weighted by molar-refractivity contribution is -0.671. The summed E-state index contributed by atoms with van der Waals surface area (Å²) in [4.78, 5) is -0.0380. The third-order valence-electron chi connectivity index (χ3n) is 5.98. The predicted octanol–water partition coefficient (Wildman–Crippen LogP) is 2.83. The molecule has 0 aliphatic rings. The molecule has 0 fully saturated rings. The third-order valence-corrected chi connectivity index (χ3v) is 8.67. The fourth-order valence-corrected chi connectivity index (χ4v) is 6.25. The first kappa shape index (κ1) is 27.5. The van der Waals surface area contributed by atoms with Crippen LogP contribution in [-0.4, -0.2) is 27.2 Å². The normalized spacial score (nSPS) is 13.6. The number of rotatable bonds is 12. The molecular formula is C27H31N4O5S2+. The van der Waals surface area contributed by atoms with Crippen LogP contribution in [0.1, 0.15) is 29.6 Å². The van der Waals surface area contributed by atoms with E-state index in [4.69, 9.17) is 9.92 Å². The molecule has 0 saturated heterocycles. The second-order valence-electron chi connectivity index (χ2n) is 8.93. The average Bonchev–Trinajstić information content (AvgIpc) is 3.32. The highest BCUT2D eigenvalue weighted by atomic mass is 32.2. The molecule has 0 radical (unpaired) electrons. The van der Waals surface area contributed by atoms with Crippen molar-refractivity contribution in [2.75, 3.05) is 5.75 Å². The highest BCUT2D eigenvalue weighted by Crippen LogP contribution is 2.29. The lowest BCUT2D eigenvalue weighted by Gasteiger charge is -2.26. The Bertz CT molecular complexity index is 1540. The van der Waals surface area contributed by atoms with Crippen LogP contribution in [0.25, 0.3) is 0 Å². The van der Waals surface area contributed by atoms with Crippen molar-refractivity contribution >= 4 is 20.1 Å². The first-order valence-corrected chi connectivity index (χ1v) is 15.1. The van der Waals surface area contributed by atoms with Gasteiger partial charge >= 0.3 is 10.1 Å². The lowest BCUT2D eigenvalue weighted by atomic mass is 9.95. The van der Waals surface area contributed by atoms with Gasteiger partial charge in [-0.25, -0.2) is 22.3 Å². The fourth-order valence-electron chi connectivity index (χ4n) is 4.03. The van der Waals surface area contributed by atoms with Crippen LogP contribution < -0.4 is 19.2 Å². The summed E-state index contributed by atoms with van der Waals surface area (Å²) in [6.45, 7) is 0.528. The van der Waals surface area contributed by atoms with Gasteiger partial charge in [0.25, 0.3) is 0 Å². The largest absolute Gasteiger partial charge is 0.382 e. The minimum atomic E-state index is -4.00. The van der Waals surface area contributed by atoms with Gasteiger partial charge in [-0.15, -0.1) is 0 Å². The zero-order chi connectivity index (χ0) is 27.2. The average molecular weight is 556 g/mol. The molecule has 0 aliphatic carbocycles. The van der Waals surface area contributed by atoms with Crippen molar-refractivity contribution in [1.29, 1.82) is 0 Å². The molecule has 0 amide bonds. The lowest BCUT2D eigenvalue weighted by Crippen LogP contribution is -2.36. The molecule has 0 saturated carbocycles. The van der Waals surface area contributed by atoms with Crippen molar-refractivity contribution in [2.45, 2.75) is 29.9 Å². The Morgan fingerprint density at radius 3 is 2.08 bits per heavy atom. The van der Waals surface area contributed by atoms with E-state index in [1.54, 1.807) is 0 Å². The number of nitrogens with one attached hydrogen (secondary N) is 1. The molecule has 0 unspecified atom stereocenters. The molecule has 1 heterocycles. The molecule has 9 nitrogen and oxygen atoms in total. The number of aromatic nitrogens is 2. The molecule has 3 aromatic carbocycles. The van der Waals surface area contributed by atoms with Crippen molar-refractivity contribution in [3.63, 3.8) is 0 Å². The summed E-state index contributed by atoms with van der Waals surface area (Å²) >= 11 is 0. The minimum absolute atomic E-state index is 0.0380. The van der Waals surface area contributed by atoms with Crippen LogP contribution in [0.3, 0.4) is 0 Å². The summed E-state index contributed by atoms with van der Waals surface area (Å²) in [5.74, 6) is -0.135. The molecule has 38 heavy (non-hydrogen) atoms. The first-order chi connectivity index (χ1) is 18.1. The second kappa shape index (κ2) is 11.9. The van der Waals surface area contributed by atoms with Crippen molar-refractivity contribution in [2.24, 2.45) is 12.8 Å². The van der Waals surface area contributed by atoms with E-state index in [0.717, 1.165) is 5.56 Å². The highest BCUT2D eigenvalue weighted by Gasteiger charge is 2.27. The van der Waals surface area contributed by atoms with Crippen LogP contribution in [-0.2, 0) is 33.7 Å². The quantitative estimate of drug-likeness (QED) is 0.205. The number of nitrogens with zero attached hydrogens (tertiary/aromatic N) is 2. The Morgan fingerprint density at radius 1 is 0.895 bits per heavy atom. The number of sulfonamides is 1. The van der Waals surface area contributed by atoms with E-state index >= 15 is 0 Å². The van der Waals surface area contributed by atoms with Gasteiger partial charge in [0.2, 0.25) is 16.4 Å². The van der Waals surface area contributed by atoms with Crippen LogP contribution in [0.15, 0.2) is 109 Å². The molecule has 200 valence electrons. The van der Waals surface area contributed by atoms with Crippen molar-refractivity contribution in [1.82, 2.24) is 9.29 Å². The van der Waals surface area contributed by atoms with E-state index < -0.39 is 32.2 Å². The molecular weight excluding hydrogens is 524 g/mol. The Morgan fingerprint density at radius 2 is 1.50 bits per heavy atom. The van der Waals surface area contributed by atoms with Crippen LogP contribution in [0.2, 0.25) is 0 Å². The Hall–Kier alpha value is -3.51. The first-order valence-electron chi connectivity index (χ1n) is 12.0. The van der Waals surface area contributed by atoms with Gasteiger partial charge in [0, 0.05) is 6.42 Å². The second-order valence-corrected chi connectivity index (χ2v) is 12.3. The number of nitrogens with two attached hydrogens (primary N) is 1. The summed E-state index contributed by atoms with van der Waals surface area (Å²) < 4.78 is 63.1. The van der Waals surface area contributed by atoms with Gasteiger partial charge in [-0.05, 0) is 35.4 Å². The summed E-state index contributed by atoms with van der Waals surface area (Å²) in [7, 11) is -5.96. The highest BCUT2D eigenvalue weighted by molar-refractivity contribution is 7.89. The molecule has 0 spiro atoms. The number of imidazole rings is 1. The molecule has 1 aromatic heterocycles. The minimum Gasteiger partial charge on any atom is -0.382 e. The zero-order valence-corrected chi connectivity index (χ0v) is 22.6. The summed E-state index contributed by atoms with van der Waals surface area (Å²) in [5, 5.41) is 0. The van der Waals surface area contributed by atoms with E-state index in [2.05, 4.69) is 4.72 Å². The predicted molar refractivity (Wildman–Crippen MR) is 144 cm³/mol. The van der Waals surface area contributed by atoms with Gasteiger partial charge in [-0.1, -0.05) is 60.7 Å². The van der Waals surface area contributed by atoms with Gasteiger partial charge in [0.05, 0.1) is 36.3 Å². The standard InChI is InChI=1S/C27H31N4O5S2/c1-30-18-19-31(21-30)17-8-20-37(32,33)36-24-13-15-25(16-14-24)38(34,35)29-27(23-11-6-3-7-12-23)26(28)22-9-4-2-5-10-22/h2-7,9-16,18-19,21,26-27,29H,8,17,20,28H2,1H3/q+1/t26-,27-/m0/s1. The van der Waals surface area contributed by atoms with E-state index in [0.29, 0.717) is 18.5 Å². The summed E-state index contributed by atoms with van der Waals surface area (Å²) in [6.07, 6.45) is 5.95. The number of hydrogen-bond acceptors (Lipinski definition) is 6. The van der Waals surface area contributed by atoms with Crippen molar-refractivity contribution in [3.05, 3.63) is 115 Å². The Labute approximate surface area is 223 Å². The monoisotopic (exact) mass is 555 g/mol. The Kier molecular flexibility index (Phi) is 8.62. The van der Waals surface area contributed by atoms with Gasteiger partial charge in [-0.3, -0.25) is 0 Å². The Balaban J connectivity index is 1.45. The molecule has 4 aromatic rings. The van der Waals surface area contributed by atoms with Gasteiger partial charge in [0.1, 0.15) is 18.1 Å². The van der Waals surface area contributed by atoms with E-state index in [-0.39, 0.29) is 16.4 Å². The summed E-state index contributed by atoms with van der Waals surface area (Å²) in [6, 6.07) is 22.3. The SMILES string of the molecule is C[n+]1ccn(CCCS(=O)(=O)Oc2ccc(S(=O)(=O)N[C@@H](c3ccccc3)[C@@H](N)c3ccccc3)cc2)c1. The van der Waals surface area contributed by atoms with E-state index in [1.807, 2.05) is 95.6 Å².